The Morgan fingerprint density at radius 2 is 2.03 bits per heavy atom. The van der Waals surface area contributed by atoms with E-state index in [4.69, 9.17) is 44.3 Å². The fourth-order valence-corrected chi connectivity index (χ4v) is 5.04. The van der Waals surface area contributed by atoms with Gasteiger partial charge in [0.2, 0.25) is 9.70 Å². The van der Waals surface area contributed by atoms with Gasteiger partial charge in [0.1, 0.15) is 23.4 Å². The van der Waals surface area contributed by atoms with Crippen LogP contribution in [0.4, 0.5) is 25.0 Å². The van der Waals surface area contributed by atoms with E-state index in [-0.39, 0.29) is 46.5 Å². The zero-order chi connectivity index (χ0) is 26.8. The number of alkyl halides is 5. The van der Waals surface area contributed by atoms with E-state index in [0.717, 1.165) is 10.5 Å². The Morgan fingerprint density at radius 1 is 1.33 bits per heavy atom. The second kappa shape index (κ2) is 10.8. The van der Waals surface area contributed by atoms with E-state index >= 15 is 0 Å². The largest absolute Gasteiger partial charge is 0.484 e. The minimum atomic E-state index is -4.44. The van der Waals surface area contributed by atoms with Crippen LogP contribution in [0, 0.1) is 6.92 Å². The number of sulfonamides is 1. The van der Waals surface area contributed by atoms with E-state index in [1.54, 1.807) is 0 Å². The number of carbonyl (C=O) groups is 2. The second-order valence-electron chi connectivity index (χ2n) is 7.55. The zero-order valence-corrected chi connectivity index (χ0v) is 21.8. The zero-order valence-electron chi connectivity index (χ0n) is 18.7. The third-order valence-corrected chi connectivity index (χ3v) is 6.93. The van der Waals surface area contributed by atoms with Crippen molar-refractivity contribution < 1.29 is 36.3 Å². The Labute approximate surface area is 219 Å². The van der Waals surface area contributed by atoms with Crippen LogP contribution in [-0.4, -0.2) is 59.8 Å². The molecule has 17 heteroatoms. The third-order valence-electron chi connectivity index (χ3n) is 4.72. The molecule has 1 aliphatic rings. The third kappa shape index (κ3) is 6.81. The first-order chi connectivity index (χ1) is 16.7. The number of amides is 2. The predicted octanol–water partition coefficient (Wildman–Crippen LogP) is 3.60. The van der Waals surface area contributed by atoms with Crippen LogP contribution >= 0.6 is 34.8 Å². The highest BCUT2D eigenvalue weighted by Gasteiger charge is 2.37. The molecule has 0 saturated heterocycles. The monoisotopic (exact) mass is 589 g/mol. The SMILES string of the molecule is CC(=O)NC[C@H]1CN(S(=O)(=O)c2cn(C(F)F)nc2C)c2cc(NC(=O)OCC(Cl)(Cl)Cl)ccc2O1. The summed E-state index contributed by atoms with van der Waals surface area (Å²) < 4.78 is 63.3. The van der Waals surface area contributed by atoms with Crippen molar-refractivity contribution in [2.75, 3.05) is 29.3 Å². The summed E-state index contributed by atoms with van der Waals surface area (Å²) in [7, 11) is -4.44. The van der Waals surface area contributed by atoms with Crippen LogP contribution in [0.1, 0.15) is 19.2 Å². The molecule has 1 aromatic carbocycles. The highest BCUT2D eigenvalue weighted by Crippen LogP contribution is 2.39. The molecule has 0 spiro atoms. The van der Waals surface area contributed by atoms with Gasteiger partial charge in [-0.1, -0.05) is 34.8 Å². The van der Waals surface area contributed by atoms with E-state index in [9.17, 15) is 26.8 Å². The Balaban J connectivity index is 1.97. The van der Waals surface area contributed by atoms with Gasteiger partial charge in [0.25, 0.3) is 10.0 Å². The quantitative estimate of drug-likeness (QED) is 0.471. The van der Waals surface area contributed by atoms with Crippen molar-refractivity contribution in [3.63, 3.8) is 0 Å². The molecule has 36 heavy (non-hydrogen) atoms. The number of rotatable bonds is 7. The molecule has 11 nitrogen and oxygen atoms in total. The molecule has 0 unspecified atom stereocenters. The first kappa shape index (κ1) is 28.0. The molecule has 2 amide bonds. The number of hydrogen-bond donors (Lipinski definition) is 2. The van der Waals surface area contributed by atoms with Crippen molar-refractivity contribution in [1.29, 1.82) is 0 Å². The molecule has 0 bridgehead atoms. The first-order valence-corrected chi connectivity index (χ1v) is 12.7. The van der Waals surface area contributed by atoms with Crippen LogP contribution in [0.15, 0.2) is 29.3 Å². The van der Waals surface area contributed by atoms with Crippen molar-refractivity contribution in [3.8, 4) is 5.75 Å². The summed E-state index contributed by atoms with van der Waals surface area (Å²) in [5, 5.41) is 8.49. The maximum Gasteiger partial charge on any atom is 0.411 e. The van der Waals surface area contributed by atoms with E-state index in [1.165, 1.54) is 32.0 Å². The Hall–Kier alpha value is -2.55. The Bertz CT molecular complexity index is 1250. The van der Waals surface area contributed by atoms with E-state index in [1.807, 2.05) is 0 Å². The number of halogens is 5. The van der Waals surface area contributed by atoms with Crippen LogP contribution in [0.2, 0.25) is 0 Å². The van der Waals surface area contributed by atoms with Crippen LogP contribution in [-0.2, 0) is 19.6 Å². The van der Waals surface area contributed by atoms with E-state index < -0.39 is 44.1 Å². The molecule has 0 radical (unpaired) electrons. The molecule has 2 N–H and O–H groups in total. The Kier molecular flexibility index (Phi) is 8.43. The summed E-state index contributed by atoms with van der Waals surface area (Å²) in [6.45, 7) is -1.34. The number of nitrogens with zero attached hydrogens (tertiary/aromatic N) is 3. The normalized spacial score (nSPS) is 15.8. The fourth-order valence-electron chi connectivity index (χ4n) is 3.22. The number of aryl methyl sites for hydroxylation is 1. The van der Waals surface area contributed by atoms with Crippen LogP contribution in [0.5, 0.6) is 5.75 Å². The molecule has 0 aliphatic carbocycles. The van der Waals surface area contributed by atoms with Crippen molar-refractivity contribution in [2.24, 2.45) is 0 Å². The van der Waals surface area contributed by atoms with Gasteiger partial charge in [-0.25, -0.2) is 17.9 Å². The number of ether oxygens (including phenoxy) is 2. The summed E-state index contributed by atoms with van der Waals surface area (Å²) in [5.41, 5.74) is -0.0454. The minimum absolute atomic E-state index is 0.00236. The summed E-state index contributed by atoms with van der Waals surface area (Å²) in [4.78, 5) is 22.9. The summed E-state index contributed by atoms with van der Waals surface area (Å²) >= 11 is 16.7. The number of aromatic nitrogens is 2. The Morgan fingerprint density at radius 3 is 2.61 bits per heavy atom. The van der Waals surface area contributed by atoms with Crippen molar-refractivity contribution in [3.05, 3.63) is 30.1 Å². The van der Waals surface area contributed by atoms with Gasteiger partial charge in [0, 0.05) is 12.6 Å². The molecule has 0 saturated carbocycles. The summed E-state index contributed by atoms with van der Waals surface area (Å²) in [6.07, 6.45) is -1.07. The fraction of sp³-hybridized carbons (Fsp3) is 0.421. The lowest BCUT2D eigenvalue weighted by Gasteiger charge is -2.35. The number of carbonyl (C=O) groups excluding carboxylic acids is 2. The average molecular weight is 591 g/mol. The maximum atomic E-state index is 13.6. The van der Waals surface area contributed by atoms with E-state index in [2.05, 4.69) is 15.7 Å². The topological polar surface area (TPSA) is 132 Å². The number of hydrogen-bond acceptors (Lipinski definition) is 7. The summed E-state index contributed by atoms with van der Waals surface area (Å²) in [6, 6.07) is 4.07. The molecular weight excluding hydrogens is 571 g/mol. The standard InChI is InChI=1S/C19H20Cl3F2N5O6S/c1-10-16(8-28(27-10)17(23)24)36(32,33)29-7-13(6-25-11(2)30)35-15-4-3-12(5-14(15)29)26-18(31)34-9-19(20,21)22/h3-5,8,13,17H,6-7,9H2,1-2H3,(H,25,30)(H,26,31)/t13-/m0/s1. The van der Waals surface area contributed by atoms with Gasteiger partial charge in [0.05, 0.1) is 30.7 Å². The van der Waals surface area contributed by atoms with Gasteiger partial charge in [-0.2, -0.15) is 13.9 Å². The second-order valence-corrected chi connectivity index (χ2v) is 11.9. The molecule has 1 atom stereocenters. The number of nitrogens with one attached hydrogen (secondary N) is 2. The molecule has 0 fully saturated rings. The van der Waals surface area contributed by atoms with Gasteiger partial charge in [-0.05, 0) is 25.1 Å². The first-order valence-electron chi connectivity index (χ1n) is 10.1. The molecule has 1 aromatic heterocycles. The lowest BCUT2D eigenvalue weighted by Crippen LogP contribution is -2.48. The van der Waals surface area contributed by atoms with Crippen LogP contribution < -0.4 is 19.7 Å². The smallest absolute Gasteiger partial charge is 0.411 e. The predicted molar refractivity (Wildman–Crippen MR) is 128 cm³/mol. The van der Waals surface area contributed by atoms with Gasteiger partial charge >= 0.3 is 12.6 Å². The highest BCUT2D eigenvalue weighted by atomic mass is 35.6. The molecule has 198 valence electrons. The molecule has 2 heterocycles. The number of benzene rings is 1. The highest BCUT2D eigenvalue weighted by molar-refractivity contribution is 7.92. The lowest BCUT2D eigenvalue weighted by molar-refractivity contribution is -0.119. The van der Waals surface area contributed by atoms with Crippen LogP contribution in [0.3, 0.4) is 0 Å². The lowest BCUT2D eigenvalue weighted by atomic mass is 10.2. The van der Waals surface area contributed by atoms with Gasteiger partial charge < -0.3 is 14.8 Å². The maximum absolute atomic E-state index is 13.6. The van der Waals surface area contributed by atoms with Crippen LogP contribution in [0.25, 0.3) is 0 Å². The van der Waals surface area contributed by atoms with Crippen molar-refractivity contribution >= 4 is 68.2 Å². The molecular formula is C19H20Cl3F2N5O6S. The summed E-state index contributed by atoms with van der Waals surface area (Å²) in [5.74, 6) is -0.264. The number of fused-ring (bicyclic) bond motifs is 1. The van der Waals surface area contributed by atoms with Crippen molar-refractivity contribution in [1.82, 2.24) is 15.1 Å². The number of anilines is 2. The van der Waals surface area contributed by atoms with E-state index in [0.29, 0.717) is 0 Å². The molecule has 1 aliphatic heterocycles. The molecule has 3 rings (SSSR count). The average Bonchev–Trinajstić information content (AvgIpc) is 3.18. The van der Waals surface area contributed by atoms with Crippen molar-refractivity contribution in [2.45, 2.75) is 35.2 Å². The van der Waals surface area contributed by atoms with Gasteiger partial charge in [0.15, 0.2) is 0 Å². The molecule has 2 aromatic rings. The minimum Gasteiger partial charge on any atom is -0.484 e. The van der Waals surface area contributed by atoms with Gasteiger partial charge in [-0.3, -0.25) is 14.4 Å². The van der Waals surface area contributed by atoms with Gasteiger partial charge in [-0.15, -0.1) is 0 Å².